The number of ether oxygens (including phenoxy) is 1. The van der Waals surface area contributed by atoms with Crippen molar-refractivity contribution >= 4 is 40.4 Å². The van der Waals surface area contributed by atoms with E-state index in [0.717, 1.165) is 35.7 Å². The van der Waals surface area contributed by atoms with E-state index in [0.29, 0.717) is 5.13 Å². The molecule has 2 aliphatic rings. The largest absolute Gasteiger partial charge is 0.446 e. The number of anilines is 3. The van der Waals surface area contributed by atoms with E-state index in [1.54, 1.807) is 11.1 Å². The summed E-state index contributed by atoms with van der Waals surface area (Å²) < 4.78 is 35.1. The molecule has 11 nitrogen and oxygen atoms in total. The molecule has 2 aliphatic heterocycles. The molecule has 196 valence electrons. The summed E-state index contributed by atoms with van der Waals surface area (Å²) in [6.07, 6.45) is 3.28. The summed E-state index contributed by atoms with van der Waals surface area (Å²) >= 11 is 1.26. The molecular formula is C22H30F2N8O3S. The van der Waals surface area contributed by atoms with Crippen LogP contribution in [0.4, 0.5) is 35.3 Å². The zero-order valence-corrected chi connectivity index (χ0v) is 21.2. The van der Waals surface area contributed by atoms with Crippen molar-refractivity contribution in [2.45, 2.75) is 44.3 Å². The van der Waals surface area contributed by atoms with Crippen LogP contribution < -0.4 is 15.5 Å². The normalized spacial score (nSPS) is 20.6. The second-order valence-corrected chi connectivity index (χ2v) is 10.3. The van der Waals surface area contributed by atoms with Gasteiger partial charge in [-0.3, -0.25) is 10.6 Å². The Morgan fingerprint density at radius 3 is 2.67 bits per heavy atom. The lowest BCUT2D eigenvalue weighted by atomic mass is 10.00. The number of aromatic nitrogens is 3. The van der Waals surface area contributed by atoms with Crippen molar-refractivity contribution in [3.8, 4) is 0 Å². The molecule has 2 aromatic rings. The highest BCUT2D eigenvalue weighted by molar-refractivity contribution is 7.15. The Labute approximate surface area is 211 Å². The zero-order chi connectivity index (χ0) is 25.9. The van der Waals surface area contributed by atoms with Gasteiger partial charge >= 0.3 is 12.1 Å². The third-order valence-electron chi connectivity index (χ3n) is 6.31. The summed E-state index contributed by atoms with van der Waals surface area (Å²) in [5, 5.41) is 5.50. The van der Waals surface area contributed by atoms with Crippen molar-refractivity contribution in [3.63, 3.8) is 0 Å². The fourth-order valence-corrected chi connectivity index (χ4v) is 4.82. The van der Waals surface area contributed by atoms with Gasteiger partial charge in [0.15, 0.2) is 5.13 Å². The molecule has 0 aromatic carbocycles. The molecule has 0 spiro atoms. The molecule has 2 N–H and O–H groups in total. The molecule has 14 heteroatoms. The maximum atomic E-state index is 14.8. The van der Waals surface area contributed by atoms with Crippen LogP contribution in [0.2, 0.25) is 0 Å². The van der Waals surface area contributed by atoms with Crippen molar-refractivity contribution in [2.24, 2.45) is 0 Å². The Balaban J connectivity index is 1.39. The number of alkyl halides is 2. The first-order valence-corrected chi connectivity index (χ1v) is 12.5. The predicted molar refractivity (Wildman–Crippen MR) is 132 cm³/mol. The van der Waals surface area contributed by atoms with E-state index in [1.807, 2.05) is 14.0 Å². The number of carbonyl (C=O) groups excluding carboxylic acids is 2. The van der Waals surface area contributed by atoms with Gasteiger partial charge in [0, 0.05) is 56.9 Å². The highest BCUT2D eigenvalue weighted by Gasteiger charge is 2.48. The van der Waals surface area contributed by atoms with Crippen molar-refractivity contribution in [1.29, 1.82) is 0 Å². The van der Waals surface area contributed by atoms with Gasteiger partial charge in [-0.2, -0.15) is 4.98 Å². The number of hydrogen-bond acceptors (Lipinski definition) is 9. The summed E-state index contributed by atoms with van der Waals surface area (Å²) in [4.78, 5) is 43.2. The molecule has 1 atom stereocenters. The molecule has 0 radical (unpaired) electrons. The van der Waals surface area contributed by atoms with Crippen molar-refractivity contribution in [2.75, 3.05) is 55.8 Å². The summed E-state index contributed by atoms with van der Waals surface area (Å²) in [5.74, 6) is -2.72. The number of urea groups is 1. The van der Waals surface area contributed by atoms with E-state index < -0.39 is 30.5 Å². The van der Waals surface area contributed by atoms with Crippen LogP contribution in [0.25, 0.3) is 0 Å². The van der Waals surface area contributed by atoms with Gasteiger partial charge in [0.2, 0.25) is 5.95 Å². The van der Waals surface area contributed by atoms with E-state index in [9.17, 15) is 18.4 Å². The fraction of sp³-hybridized carbons (Fsp3) is 0.591. The minimum Gasteiger partial charge on any atom is -0.446 e. The number of piperidine rings is 2. The lowest BCUT2D eigenvalue weighted by molar-refractivity contribution is -0.0760. The highest BCUT2D eigenvalue weighted by atomic mass is 32.1. The SMILES string of the molecule is Cc1cnc(NC(=O)N(C)[C@H]2CN(c3nccc(NC(=O)OC4CCN(C)CC4)n3)CCC2(F)F)s1. The predicted octanol–water partition coefficient (Wildman–Crippen LogP) is 3.26. The average molecular weight is 525 g/mol. The molecule has 0 saturated carbocycles. The van der Waals surface area contributed by atoms with E-state index in [1.165, 1.54) is 30.6 Å². The van der Waals surface area contributed by atoms with Crippen LogP contribution in [-0.2, 0) is 4.74 Å². The number of aryl methyl sites for hydroxylation is 1. The monoisotopic (exact) mass is 524 g/mol. The number of amides is 3. The first-order valence-electron chi connectivity index (χ1n) is 11.7. The zero-order valence-electron chi connectivity index (χ0n) is 20.4. The first kappa shape index (κ1) is 25.9. The number of thiazole rings is 1. The molecule has 4 heterocycles. The maximum Gasteiger partial charge on any atom is 0.413 e. The summed E-state index contributed by atoms with van der Waals surface area (Å²) in [6.45, 7) is 3.35. The Morgan fingerprint density at radius 2 is 1.97 bits per heavy atom. The number of halogens is 2. The van der Waals surface area contributed by atoms with Gasteiger partial charge in [-0.05, 0) is 32.9 Å². The van der Waals surface area contributed by atoms with Gasteiger partial charge in [-0.25, -0.2) is 28.3 Å². The van der Waals surface area contributed by atoms with Gasteiger partial charge in [-0.15, -0.1) is 11.3 Å². The topological polar surface area (TPSA) is 116 Å². The standard InChI is InChI=1S/C22H30F2N8O3S/c1-14-12-26-19(36-14)29-20(33)31(3)16-13-32(11-7-22(16,23)24)18-25-8-4-17(27-18)28-21(34)35-15-5-9-30(2)10-6-15/h4,8,12,15-16H,5-7,9-11,13H2,1-3H3,(H,26,29,33)(H,25,27,28,34)/t16-/m0/s1. The van der Waals surface area contributed by atoms with Gasteiger partial charge < -0.3 is 19.4 Å². The first-order chi connectivity index (χ1) is 17.1. The molecule has 0 aliphatic carbocycles. The summed E-state index contributed by atoms with van der Waals surface area (Å²) in [5.41, 5.74) is 0. The van der Waals surface area contributed by atoms with Crippen LogP contribution in [-0.4, -0.2) is 95.2 Å². The Kier molecular flexibility index (Phi) is 7.83. The van der Waals surface area contributed by atoms with Gasteiger partial charge in [0.25, 0.3) is 5.92 Å². The Bertz CT molecular complexity index is 1080. The van der Waals surface area contributed by atoms with Gasteiger partial charge in [0.1, 0.15) is 18.0 Å². The van der Waals surface area contributed by atoms with Gasteiger partial charge in [-0.1, -0.05) is 0 Å². The third kappa shape index (κ3) is 6.35. The Hall–Kier alpha value is -3.13. The Morgan fingerprint density at radius 1 is 1.22 bits per heavy atom. The molecular weight excluding hydrogens is 494 g/mol. The molecule has 36 heavy (non-hydrogen) atoms. The number of nitrogens with one attached hydrogen (secondary N) is 2. The highest BCUT2D eigenvalue weighted by Crippen LogP contribution is 2.33. The van der Waals surface area contributed by atoms with Crippen LogP contribution in [0.5, 0.6) is 0 Å². The molecule has 2 fully saturated rings. The molecule has 4 rings (SSSR count). The lowest BCUT2D eigenvalue weighted by Gasteiger charge is -2.42. The maximum absolute atomic E-state index is 14.8. The van der Waals surface area contributed by atoms with E-state index in [4.69, 9.17) is 4.74 Å². The van der Waals surface area contributed by atoms with Crippen LogP contribution in [0.15, 0.2) is 18.5 Å². The number of likely N-dealkylation sites (tertiary alicyclic amines) is 1. The smallest absolute Gasteiger partial charge is 0.413 e. The van der Waals surface area contributed by atoms with E-state index in [2.05, 4.69) is 30.5 Å². The fourth-order valence-electron chi connectivity index (χ4n) is 4.16. The van der Waals surface area contributed by atoms with Crippen LogP contribution in [0.1, 0.15) is 24.1 Å². The summed E-state index contributed by atoms with van der Waals surface area (Å²) in [6, 6.07) is -0.587. The minimum absolute atomic E-state index is 0.00583. The van der Waals surface area contributed by atoms with Crippen molar-refractivity contribution in [1.82, 2.24) is 24.8 Å². The van der Waals surface area contributed by atoms with Crippen molar-refractivity contribution in [3.05, 3.63) is 23.3 Å². The lowest BCUT2D eigenvalue weighted by Crippen LogP contribution is -2.60. The molecule has 0 bridgehead atoms. The number of nitrogens with zero attached hydrogens (tertiary/aromatic N) is 6. The second-order valence-electron chi connectivity index (χ2n) is 9.06. The quantitative estimate of drug-likeness (QED) is 0.613. The number of carbonyl (C=O) groups is 2. The molecule has 0 unspecified atom stereocenters. The van der Waals surface area contributed by atoms with Crippen LogP contribution >= 0.6 is 11.3 Å². The number of likely N-dealkylation sites (N-methyl/N-ethyl adjacent to an activating group) is 1. The van der Waals surface area contributed by atoms with Crippen molar-refractivity contribution < 1.29 is 23.1 Å². The third-order valence-corrected chi connectivity index (χ3v) is 7.14. The van der Waals surface area contributed by atoms with Gasteiger partial charge in [0.05, 0.1) is 0 Å². The molecule has 2 aromatic heterocycles. The molecule has 3 amide bonds. The summed E-state index contributed by atoms with van der Waals surface area (Å²) in [7, 11) is 3.35. The van der Waals surface area contributed by atoms with Crippen LogP contribution in [0.3, 0.4) is 0 Å². The van der Waals surface area contributed by atoms with Crippen LogP contribution in [0, 0.1) is 6.92 Å². The average Bonchev–Trinajstić information content (AvgIpc) is 3.24. The number of rotatable bonds is 5. The minimum atomic E-state index is -3.10. The van der Waals surface area contributed by atoms with E-state index in [-0.39, 0.29) is 31.0 Å². The van der Waals surface area contributed by atoms with E-state index >= 15 is 0 Å². The number of hydrogen-bond donors (Lipinski definition) is 2. The molecule has 2 saturated heterocycles. The second kappa shape index (κ2) is 10.9.